The summed E-state index contributed by atoms with van der Waals surface area (Å²) >= 11 is 0. The van der Waals surface area contributed by atoms with Gasteiger partial charge in [-0.25, -0.2) is 0 Å². The highest BCUT2D eigenvalue weighted by Crippen LogP contribution is 2.34. The number of fused-ring (bicyclic) bond motifs is 1. The molecule has 1 fully saturated rings. The SMILES string of the molecule is CC(C)CCN1C(=O)c2ccc(-c3ccco3)n2C[C@@]1(C)C(=O)NC1CCCCCCC1. The maximum Gasteiger partial charge on any atom is 0.271 e. The number of carbonyl (C=O) groups excluding carboxylic acids is 2. The van der Waals surface area contributed by atoms with E-state index >= 15 is 0 Å². The van der Waals surface area contributed by atoms with Crippen LogP contribution in [0.2, 0.25) is 0 Å². The molecule has 0 aromatic carbocycles. The number of nitrogens with one attached hydrogen (secondary N) is 1. The van der Waals surface area contributed by atoms with Gasteiger partial charge in [0, 0.05) is 12.6 Å². The number of aromatic nitrogens is 1. The molecule has 174 valence electrons. The van der Waals surface area contributed by atoms with Gasteiger partial charge in [-0.3, -0.25) is 9.59 Å². The molecule has 3 heterocycles. The minimum atomic E-state index is -0.943. The monoisotopic (exact) mass is 439 g/mol. The minimum absolute atomic E-state index is 0.0371. The van der Waals surface area contributed by atoms with Crippen molar-refractivity contribution >= 4 is 11.8 Å². The quantitative estimate of drug-likeness (QED) is 0.669. The van der Waals surface area contributed by atoms with Crippen LogP contribution in [0.5, 0.6) is 0 Å². The van der Waals surface area contributed by atoms with E-state index in [9.17, 15) is 9.59 Å². The number of hydrogen-bond acceptors (Lipinski definition) is 3. The third-order valence-electron chi connectivity index (χ3n) is 7.14. The van der Waals surface area contributed by atoms with E-state index < -0.39 is 5.54 Å². The van der Waals surface area contributed by atoms with Gasteiger partial charge in [0.1, 0.15) is 17.0 Å². The second-order valence-corrected chi connectivity index (χ2v) is 10.1. The fraction of sp³-hybridized carbons (Fsp3) is 0.615. The summed E-state index contributed by atoms with van der Waals surface area (Å²) in [5, 5.41) is 3.34. The molecule has 32 heavy (non-hydrogen) atoms. The lowest BCUT2D eigenvalue weighted by molar-refractivity contribution is -0.133. The number of nitrogens with zero attached hydrogens (tertiary/aromatic N) is 2. The first-order chi connectivity index (χ1) is 15.4. The van der Waals surface area contributed by atoms with E-state index in [1.165, 1.54) is 19.3 Å². The summed E-state index contributed by atoms with van der Waals surface area (Å²) in [6.45, 7) is 7.23. The molecule has 0 spiro atoms. The molecule has 0 saturated heterocycles. The van der Waals surface area contributed by atoms with Crippen LogP contribution in [0.15, 0.2) is 34.9 Å². The molecule has 1 N–H and O–H groups in total. The Morgan fingerprint density at radius 1 is 1.12 bits per heavy atom. The summed E-state index contributed by atoms with van der Waals surface area (Å²) in [5.74, 6) is 1.05. The van der Waals surface area contributed by atoms with Crippen molar-refractivity contribution in [3.8, 4) is 11.5 Å². The summed E-state index contributed by atoms with van der Waals surface area (Å²) in [4.78, 5) is 29.2. The molecule has 0 bridgehead atoms. The van der Waals surface area contributed by atoms with Gasteiger partial charge in [0.2, 0.25) is 5.91 Å². The Kier molecular flexibility index (Phi) is 6.77. The second kappa shape index (κ2) is 9.55. The zero-order chi connectivity index (χ0) is 22.7. The smallest absolute Gasteiger partial charge is 0.271 e. The Balaban J connectivity index is 1.64. The third-order valence-corrected chi connectivity index (χ3v) is 7.14. The Hall–Kier alpha value is -2.50. The van der Waals surface area contributed by atoms with Crippen molar-refractivity contribution in [1.29, 1.82) is 0 Å². The first-order valence-electron chi connectivity index (χ1n) is 12.3. The lowest BCUT2D eigenvalue weighted by Gasteiger charge is -2.45. The van der Waals surface area contributed by atoms with Gasteiger partial charge >= 0.3 is 0 Å². The molecule has 2 aromatic rings. The summed E-state index contributed by atoms with van der Waals surface area (Å²) in [6.07, 6.45) is 10.6. The first kappa shape index (κ1) is 22.7. The van der Waals surface area contributed by atoms with Crippen LogP contribution in [-0.2, 0) is 11.3 Å². The fourth-order valence-electron chi connectivity index (χ4n) is 5.09. The normalized spacial score (nSPS) is 22.5. The van der Waals surface area contributed by atoms with Crippen LogP contribution >= 0.6 is 0 Å². The molecule has 0 radical (unpaired) electrons. The van der Waals surface area contributed by atoms with Crippen molar-refractivity contribution in [1.82, 2.24) is 14.8 Å². The van der Waals surface area contributed by atoms with Crippen molar-refractivity contribution in [3.63, 3.8) is 0 Å². The molecule has 4 rings (SSSR count). The van der Waals surface area contributed by atoms with E-state index in [4.69, 9.17) is 4.42 Å². The topological polar surface area (TPSA) is 67.5 Å². The third kappa shape index (κ3) is 4.50. The number of furan rings is 1. The van der Waals surface area contributed by atoms with Crippen LogP contribution in [0, 0.1) is 5.92 Å². The van der Waals surface area contributed by atoms with E-state index in [2.05, 4.69) is 19.2 Å². The van der Waals surface area contributed by atoms with Crippen LogP contribution in [0.4, 0.5) is 0 Å². The Labute approximate surface area is 191 Å². The van der Waals surface area contributed by atoms with Crippen molar-refractivity contribution in [2.75, 3.05) is 6.54 Å². The molecule has 6 heteroatoms. The lowest BCUT2D eigenvalue weighted by Crippen LogP contribution is -2.65. The van der Waals surface area contributed by atoms with Crippen molar-refractivity contribution in [3.05, 3.63) is 36.2 Å². The molecule has 2 amide bonds. The average molecular weight is 440 g/mol. The van der Waals surface area contributed by atoms with Crippen molar-refractivity contribution < 1.29 is 14.0 Å². The van der Waals surface area contributed by atoms with Crippen LogP contribution in [-0.4, -0.2) is 39.4 Å². The van der Waals surface area contributed by atoms with Crippen molar-refractivity contribution in [2.24, 2.45) is 5.92 Å². The standard InChI is InChI=1S/C26H37N3O3/c1-19(2)15-16-29-24(30)22-14-13-21(23-12-9-17-32-23)28(22)18-26(29,3)25(31)27-20-10-7-5-4-6-8-11-20/h9,12-14,17,19-20H,4-8,10-11,15-16,18H2,1-3H3,(H,27,31)/t26-/m0/s1. The molecule has 2 aliphatic rings. The number of hydrogen-bond donors (Lipinski definition) is 1. The molecule has 2 aromatic heterocycles. The maximum atomic E-state index is 13.8. The van der Waals surface area contributed by atoms with E-state index in [1.54, 1.807) is 6.26 Å². The highest BCUT2D eigenvalue weighted by Gasteiger charge is 2.48. The molecule has 1 aliphatic carbocycles. The largest absolute Gasteiger partial charge is 0.463 e. The van der Waals surface area contributed by atoms with E-state index in [-0.39, 0.29) is 17.9 Å². The number of carbonyl (C=O) groups is 2. The fourth-order valence-corrected chi connectivity index (χ4v) is 5.09. The van der Waals surface area contributed by atoms with Gasteiger partial charge in [-0.1, -0.05) is 46.0 Å². The number of amides is 2. The summed E-state index contributed by atoms with van der Waals surface area (Å²) < 4.78 is 7.58. The molecule has 1 atom stereocenters. The molecular formula is C26H37N3O3. The van der Waals surface area contributed by atoms with Crippen LogP contribution < -0.4 is 5.32 Å². The Morgan fingerprint density at radius 3 is 2.47 bits per heavy atom. The van der Waals surface area contributed by atoms with Gasteiger partial charge < -0.3 is 19.2 Å². The summed E-state index contributed by atoms with van der Waals surface area (Å²) in [5.41, 5.74) is 0.519. The molecular weight excluding hydrogens is 402 g/mol. The Bertz CT molecular complexity index is 922. The highest BCUT2D eigenvalue weighted by molar-refractivity contribution is 6.00. The van der Waals surface area contributed by atoms with Crippen molar-refractivity contribution in [2.45, 2.75) is 90.3 Å². The molecule has 0 unspecified atom stereocenters. The van der Waals surface area contributed by atoms with Crippen LogP contribution in [0.1, 0.15) is 82.6 Å². The zero-order valence-corrected chi connectivity index (χ0v) is 19.7. The predicted octanol–water partition coefficient (Wildman–Crippen LogP) is 5.24. The van der Waals surface area contributed by atoms with Gasteiger partial charge in [0.05, 0.1) is 18.5 Å². The molecule has 1 aliphatic heterocycles. The van der Waals surface area contributed by atoms with E-state index in [0.29, 0.717) is 30.5 Å². The van der Waals surface area contributed by atoms with Gasteiger partial charge in [-0.2, -0.15) is 0 Å². The van der Waals surface area contributed by atoms with Crippen LogP contribution in [0.25, 0.3) is 11.5 Å². The summed E-state index contributed by atoms with van der Waals surface area (Å²) in [6, 6.07) is 7.71. The van der Waals surface area contributed by atoms with Gasteiger partial charge in [-0.15, -0.1) is 0 Å². The minimum Gasteiger partial charge on any atom is -0.463 e. The maximum absolute atomic E-state index is 13.8. The predicted molar refractivity (Wildman–Crippen MR) is 125 cm³/mol. The van der Waals surface area contributed by atoms with Gasteiger partial charge in [0.15, 0.2) is 0 Å². The average Bonchev–Trinajstić information content (AvgIpc) is 3.39. The zero-order valence-electron chi connectivity index (χ0n) is 19.7. The molecule has 1 saturated carbocycles. The lowest BCUT2D eigenvalue weighted by atomic mass is 9.91. The number of rotatable bonds is 6. The Morgan fingerprint density at radius 2 is 1.81 bits per heavy atom. The van der Waals surface area contributed by atoms with E-state index in [1.807, 2.05) is 40.7 Å². The van der Waals surface area contributed by atoms with Gasteiger partial charge in [0.25, 0.3) is 5.91 Å². The first-order valence-corrected chi connectivity index (χ1v) is 12.3. The highest BCUT2D eigenvalue weighted by atomic mass is 16.3. The summed E-state index contributed by atoms with van der Waals surface area (Å²) in [7, 11) is 0. The van der Waals surface area contributed by atoms with Crippen LogP contribution in [0.3, 0.4) is 0 Å². The second-order valence-electron chi connectivity index (χ2n) is 10.1. The van der Waals surface area contributed by atoms with Gasteiger partial charge in [-0.05, 0) is 56.4 Å². The van der Waals surface area contributed by atoms with E-state index in [0.717, 1.165) is 37.8 Å². The molecule has 6 nitrogen and oxygen atoms in total.